The molecule has 0 bridgehead atoms. The summed E-state index contributed by atoms with van der Waals surface area (Å²) in [6.45, 7) is 2.11. The van der Waals surface area contributed by atoms with Crippen LogP contribution in [0.4, 0.5) is 4.79 Å². The summed E-state index contributed by atoms with van der Waals surface area (Å²) in [5.41, 5.74) is 7.51. The molecule has 0 fully saturated rings. The lowest BCUT2D eigenvalue weighted by atomic mass is 10.1. The fourth-order valence-corrected chi connectivity index (χ4v) is 2.12. The smallest absolute Gasteiger partial charge is 0.315 e. The predicted molar refractivity (Wildman–Crippen MR) is 97.8 cm³/mol. The molecule has 2 aromatic rings. The van der Waals surface area contributed by atoms with E-state index in [-0.39, 0.29) is 18.9 Å². The van der Waals surface area contributed by atoms with Gasteiger partial charge in [0.25, 0.3) is 5.91 Å². The van der Waals surface area contributed by atoms with Gasteiger partial charge in [0.15, 0.2) is 0 Å². The highest BCUT2D eigenvalue weighted by atomic mass is 16.2. The number of hydrogen-bond acceptors (Lipinski definition) is 3. The average molecular weight is 354 g/mol. The van der Waals surface area contributed by atoms with Crippen LogP contribution in [0.1, 0.15) is 16.7 Å². The molecule has 2 rings (SSSR count). The minimum atomic E-state index is -0.517. The summed E-state index contributed by atoms with van der Waals surface area (Å²) in [6.07, 6.45) is 0.158. The van der Waals surface area contributed by atoms with Crippen LogP contribution in [0.2, 0.25) is 0 Å². The molecule has 7 nitrogen and oxygen atoms in total. The summed E-state index contributed by atoms with van der Waals surface area (Å²) in [5, 5.41) is 5.08. The predicted octanol–water partition coefficient (Wildman–Crippen LogP) is 1.18. The molecule has 0 aliphatic carbocycles. The lowest BCUT2D eigenvalue weighted by Crippen LogP contribution is -2.48. The van der Waals surface area contributed by atoms with E-state index in [0.29, 0.717) is 6.54 Å². The molecule has 2 aromatic carbocycles. The molecule has 4 N–H and O–H groups in total. The van der Waals surface area contributed by atoms with Crippen LogP contribution in [0.15, 0.2) is 54.6 Å². The number of nitrogens with one attached hydrogen (secondary N) is 4. The highest BCUT2D eigenvalue weighted by Crippen LogP contribution is 2.02. The Balaban J connectivity index is 1.61. The van der Waals surface area contributed by atoms with Crippen LogP contribution in [-0.4, -0.2) is 24.4 Å². The molecular weight excluding hydrogens is 332 g/mol. The van der Waals surface area contributed by atoms with Crippen LogP contribution in [0, 0.1) is 6.92 Å². The number of hydrogen-bond donors (Lipinski definition) is 4. The van der Waals surface area contributed by atoms with Crippen molar-refractivity contribution in [2.24, 2.45) is 0 Å². The average Bonchev–Trinajstić information content (AvgIpc) is 2.65. The van der Waals surface area contributed by atoms with Crippen molar-refractivity contribution < 1.29 is 14.4 Å². The zero-order chi connectivity index (χ0) is 18.8. The Morgan fingerprint density at radius 2 is 1.42 bits per heavy atom. The normalized spacial score (nSPS) is 9.88. The third-order valence-corrected chi connectivity index (χ3v) is 3.53. The summed E-state index contributed by atoms with van der Waals surface area (Å²) < 4.78 is 0. The molecule has 0 saturated carbocycles. The van der Waals surface area contributed by atoms with E-state index in [1.807, 2.05) is 61.5 Å². The molecule has 0 aromatic heterocycles. The first-order valence-electron chi connectivity index (χ1n) is 8.22. The van der Waals surface area contributed by atoms with Crippen LogP contribution in [-0.2, 0) is 22.6 Å². The van der Waals surface area contributed by atoms with Crippen LogP contribution in [0.5, 0.6) is 0 Å². The largest absolute Gasteiger partial charge is 0.334 e. The number of rotatable bonds is 6. The second-order valence-electron chi connectivity index (χ2n) is 5.78. The van der Waals surface area contributed by atoms with Gasteiger partial charge < -0.3 is 10.6 Å². The van der Waals surface area contributed by atoms with Gasteiger partial charge in [-0.2, -0.15) is 0 Å². The molecule has 4 amide bonds. The van der Waals surface area contributed by atoms with Gasteiger partial charge in [-0.1, -0.05) is 60.2 Å². The van der Waals surface area contributed by atoms with E-state index < -0.39 is 11.9 Å². The number of carbonyl (C=O) groups excluding carboxylic acids is 3. The lowest BCUT2D eigenvalue weighted by molar-refractivity contribution is -0.128. The second-order valence-corrected chi connectivity index (χ2v) is 5.78. The molecule has 136 valence electrons. The maximum atomic E-state index is 11.7. The highest BCUT2D eigenvalue weighted by molar-refractivity contribution is 5.86. The first-order valence-corrected chi connectivity index (χ1v) is 8.22. The summed E-state index contributed by atoms with van der Waals surface area (Å²) in [6, 6.07) is 16.5. The topological polar surface area (TPSA) is 99.3 Å². The molecule has 0 radical (unpaired) electrons. The standard InChI is InChI=1S/C19H22N4O3/c1-14-7-9-16(10-8-14)12-20-19(26)21-13-18(25)23-22-17(24)11-15-5-3-2-4-6-15/h2-10H,11-13H2,1H3,(H,22,24)(H,23,25)(H2,20,21,26). The molecule has 0 saturated heterocycles. The van der Waals surface area contributed by atoms with Crippen molar-refractivity contribution in [1.29, 1.82) is 0 Å². The summed E-state index contributed by atoms with van der Waals surface area (Å²) in [4.78, 5) is 35.0. The minimum absolute atomic E-state index is 0.158. The Kier molecular flexibility index (Phi) is 7.17. The molecule has 0 unspecified atom stereocenters. The van der Waals surface area contributed by atoms with Crippen molar-refractivity contribution in [3.8, 4) is 0 Å². The van der Waals surface area contributed by atoms with Crippen molar-refractivity contribution in [3.05, 3.63) is 71.3 Å². The number of urea groups is 1. The zero-order valence-corrected chi connectivity index (χ0v) is 14.5. The first kappa shape index (κ1) is 19.0. The fraction of sp³-hybridized carbons (Fsp3) is 0.211. The van der Waals surface area contributed by atoms with Gasteiger partial charge in [-0.3, -0.25) is 20.4 Å². The number of carbonyl (C=O) groups is 3. The maximum absolute atomic E-state index is 11.7. The van der Waals surface area contributed by atoms with Gasteiger partial charge in [0.2, 0.25) is 5.91 Å². The van der Waals surface area contributed by atoms with Crippen molar-refractivity contribution in [2.75, 3.05) is 6.54 Å². The third-order valence-electron chi connectivity index (χ3n) is 3.53. The number of aryl methyl sites for hydroxylation is 1. The lowest BCUT2D eigenvalue weighted by Gasteiger charge is -2.09. The van der Waals surface area contributed by atoms with E-state index in [9.17, 15) is 14.4 Å². The Bertz CT molecular complexity index is 745. The monoisotopic (exact) mass is 354 g/mol. The van der Waals surface area contributed by atoms with Crippen LogP contribution < -0.4 is 21.5 Å². The Morgan fingerprint density at radius 3 is 2.12 bits per heavy atom. The summed E-state index contributed by atoms with van der Waals surface area (Å²) in [7, 11) is 0. The van der Waals surface area contributed by atoms with E-state index in [4.69, 9.17) is 0 Å². The first-order chi connectivity index (χ1) is 12.5. The number of benzene rings is 2. The Labute approximate surface area is 152 Å². The molecule has 7 heteroatoms. The van der Waals surface area contributed by atoms with Gasteiger partial charge in [-0.05, 0) is 18.1 Å². The van der Waals surface area contributed by atoms with Gasteiger partial charge in [-0.25, -0.2) is 4.79 Å². The second kappa shape index (κ2) is 9.83. The third kappa shape index (κ3) is 7.04. The summed E-state index contributed by atoms with van der Waals surface area (Å²) in [5.74, 6) is -0.856. The Hall–Kier alpha value is -3.35. The van der Waals surface area contributed by atoms with Gasteiger partial charge >= 0.3 is 6.03 Å². The molecule has 0 spiro atoms. The van der Waals surface area contributed by atoms with E-state index in [1.54, 1.807) is 0 Å². The van der Waals surface area contributed by atoms with E-state index in [0.717, 1.165) is 16.7 Å². The van der Waals surface area contributed by atoms with Gasteiger partial charge in [-0.15, -0.1) is 0 Å². The van der Waals surface area contributed by atoms with Gasteiger partial charge in [0.1, 0.15) is 6.54 Å². The van der Waals surface area contributed by atoms with E-state index >= 15 is 0 Å². The van der Waals surface area contributed by atoms with E-state index in [2.05, 4.69) is 21.5 Å². The molecule has 0 heterocycles. The van der Waals surface area contributed by atoms with E-state index in [1.165, 1.54) is 0 Å². The Morgan fingerprint density at radius 1 is 0.769 bits per heavy atom. The van der Waals surface area contributed by atoms with Crippen molar-refractivity contribution in [3.63, 3.8) is 0 Å². The maximum Gasteiger partial charge on any atom is 0.315 e. The highest BCUT2D eigenvalue weighted by Gasteiger charge is 2.07. The quantitative estimate of drug-likeness (QED) is 0.586. The van der Waals surface area contributed by atoms with Crippen molar-refractivity contribution in [2.45, 2.75) is 19.9 Å². The SMILES string of the molecule is Cc1ccc(CNC(=O)NCC(=O)NNC(=O)Cc2ccccc2)cc1. The van der Waals surface area contributed by atoms with Crippen LogP contribution in [0.25, 0.3) is 0 Å². The molecular formula is C19H22N4O3. The molecule has 0 atom stereocenters. The summed E-state index contributed by atoms with van der Waals surface area (Å²) >= 11 is 0. The molecule has 0 aliphatic heterocycles. The van der Waals surface area contributed by atoms with Gasteiger partial charge in [0, 0.05) is 6.54 Å². The fourth-order valence-electron chi connectivity index (χ4n) is 2.12. The number of amides is 4. The van der Waals surface area contributed by atoms with Crippen LogP contribution in [0.3, 0.4) is 0 Å². The zero-order valence-electron chi connectivity index (χ0n) is 14.5. The number of hydrazine groups is 1. The van der Waals surface area contributed by atoms with Gasteiger partial charge in [0.05, 0.1) is 6.42 Å². The van der Waals surface area contributed by atoms with Crippen molar-refractivity contribution in [1.82, 2.24) is 21.5 Å². The minimum Gasteiger partial charge on any atom is -0.334 e. The molecule has 0 aliphatic rings. The van der Waals surface area contributed by atoms with Crippen molar-refractivity contribution >= 4 is 17.8 Å². The van der Waals surface area contributed by atoms with Crippen LogP contribution >= 0.6 is 0 Å². The molecule has 26 heavy (non-hydrogen) atoms.